The Labute approximate surface area is 373 Å². The fraction of sp³-hybridized carbons (Fsp3) is 0.980. The lowest BCUT2D eigenvalue weighted by molar-refractivity contribution is -0.303. The summed E-state index contributed by atoms with van der Waals surface area (Å²) in [4.78, 5) is 13.1. The second kappa shape index (κ2) is 40.6. The number of rotatable bonds is 44. The Kier molecular flexibility index (Phi) is 38.7. The third-order valence-corrected chi connectivity index (χ3v) is 12.9. The summed E-state index contributed by atoms with van der Waals surface area (Å²) in [5.74, 6) is -0.692. The number of carbonyl (C=O) groups excluding carboxylic acids is 1. The summed E-state index contributed by atoms with van der Waals surface area (Å²) in [6.07, 6.45) is 31.5. The van der Waals surface area contributed by atoms with Crippen LogP contribution in [0.3, 0.4) is 0 Å². The van der Waals surface area contributed by atoms with Crippen LogP contribution < -0.4 is 5.32 Å². The van der Waals surface area contributed by atoms with Crippen molar-refractivity contribution in [2.75, 3.05) is 13.2 Å². The molecule has 9 atom stereocenters. The van der Waals surface area contributed by atoms with E-state index in [1.165, 1.54) is 167 Å². The summed E-state index contributed by atoms with van der Waals surface area (Å²) >= 11 is 0. The molecule has 1 amide bonds. The summed E-state index contributed by atoms with van der Waals surface area (Å²) < 4.78 is 11.1. The van der Waals surface area contributed by atoms with Gasteiger partial charge in [-0.15, -0.1) is 0 Å². The highest BCUT2D eigenvalue weighted by molar-refractivity contribution is 5.80. The first kappa shape index (κ1) is 58.1. The van der Waals surface area contributed by atoms with Crippen molar-refractivity contribution >= 4 is 5.91 Å². The summed E-state index contributed by atoms with van der Waals surface area (Å²) in [6.45, 7) is 3.47. The molecule has 11 nitrogen and oxygen atoms in total. The minimum atomic E-state index is -1.66. The third-order valence-electron chi connectivity index (χ3n) is 12.9. The normalized spacial score (nSPS) is 21.4. The zero-order chi connectivity index (χ0) is 44.8. The zero-order valence-electron chi connectivity index (χ0n) is 39.4. The lowest BCUT2D eigenvalue weighted by atomic mass is 9.98. The molecule has 0 spiro atoms. The van der Waals surface area contributed by atoms with Gasteiger partial charge in [0.1, 0.15) is 36.6 Å². The van der Waals surface area contributed by atoms with Gasteiger partial charge in [-0.05, 0) is 12.8 Å². The lowest BCUT2D eigenvalue weighted by Crippen LogP contribution is -2.60. The second-order valence-electron chi connectivity index (χ2n) is 18.6. The van der Waals surface area contributed by atoms with Gasteiger partial charge in [0.25, 0.3) is 0 Å². The molecule has 1 aliphatic heterocycles. The van der Waals surface area contributed by atoms with Gasteiger partial charge in [-0.3, -0.25) is 4.79 Å². The fourth-order valence-corrected chi connectivity index (χ4v) is 8.62. The quantitative estimate of drug-likeness (QED) is 0.0274. The average molecular weight is 874 g/mol. The molecule has 0 saturated carbocycles. The maximum Gasteiger partial charge on any atom is 0.249 e. The van der Waals surface area contributed by atoms with E-state index >= 15 is 0 Å². The first-order valence-electron chi connectivity index (χ1n) is 25.9. The standard InChI is InChI=1S/C50H99NO10/c1-3-5-7-9-11-13-15-17-18-19-20-21-22-23-24-26-28-30-32-34-36-38-43(54)49(59)51-41(40-60-50-48(58)47(57)46(56)44(39-52)61-50)45(55)42(53)37-35-33-31-29-27-25-16-14-12-10-8-6-4-2/h41-48,50,52-58H,3-40H2,1-2H3,(H,51,59). The first-order valence-corrected chi connectivity index (χ1v) is 25.9. The van der Waals surface area contributed by atoms with Gasteiger partial charge >= 0.3 is 0 Å². The van der Waals surface area contributed by atoms with E-state index in [9.17, 15) is 40.5 Å². The monoisotopic (exact) mass is 874 g/mol. The lowest BCUT2D eigenvalue weighted by Gasteiger charge is -2.40. The number of hydrogen-bond donors (Lipinski definition) is 8. The van der Waals surface area contributed by atoms with Crippen LogP contribution in [0.5, 0.6) is 0 Å². The number of aliphatic hydroxyl groups is 7. The van der Waals surface area contributed by atoms with Crippen molar-refractivity contribution in [2.45, 2.75) is 300 Å². The van der Waals surface area contributed by atoms with Crippen molar-refractivity contribution in [1.82, 2.24) is 5.32 Å². The molecule has 61 heavy (non-hydrogen) atoms. The Hall–Kier alpha value is -0.890. The Bertz CT molecular complexity index is 959. The number of unbranched alkanes of at least 4 members (excludes halogenated alkanes) is 32. The van der Waals surface area contributed by atoms with Gasteiger partial charge in [-0.25, -0.2) is 0 Å². The molecule has 1 saturated heterocycles. The molecular formula is C50H99NO10. The Morgan fingerprint density at radius 3 is 1.21 bits per heavy atom. The molecule has 0 radical (unpaired) electrons. The second-order valence-corrected chi connectivity index (χ2v) is 18.6. The van der Waals surface area contributed by atoms with E-state index in [-0.39, 0.29) is 6.42 Å². The Morgan fingerprint density at radius 2 is 0.852 bits per heavy atom. The zero-order valence-corrected chi connectivity index (χ0v) is 39.4. The molecule has 1 rings (SSSR count). The van der Waals surface area contributed by atoms with E-state index in [0.717, 1.165) is 38.5 Å². The summed E-state index contributed by atoms with van der Waals surface area (Å²) in [5, 5.41) is 75.8. The molecular weight excluding hydrogens is 775 g/mol. The van der Waals surface area contributed by atoms with Crippen LogP contribution in [0, 0.1) is 0 Å². The van der Waals surface area contributed by atoms with Gasteiger partial charge < -0.3 is 50.5 Å². The Morgan fingerprint density at radius 1 is 0.508 bits per heavy atom. The number of aliphatic hydroxyl groups excluding tert-OH is 7. The van der Waals surface area contributed by atoms with Crippen LogP contribution in [0.25, 0.3) is 0 Å². The van der Waals surface area contributed by atoms with E-state index in [2.05, 4.69) is 19.2 Å². The van der Waals surface area contributed by atoms with Gasteiger partial charge in [-0.1, -0.05) is 232 Å². The van der Waals surface area contributed by atoms with Crippen molar-refractivity contribution in [1.29, 1.82) is 0 Å². The summed E-state index contributed by atoms with van der Waals surface area (Å²) in [5.41, 5.74) is 0. The van der Waals surface area contributed by atoms with Crippen LogP contribution in [-0.2, 0) is 14.3 Å². The van der Waals surface area contributed by atoms with E-state index in [1.54, 1.807) is 0 Å². The van der Waals surface area contributed by atoms with Crippen LogP contribution >= 0.6 is 0 Å². The molecule has 0 aromatic rings. The molecule has 1 aliphatic rings. The van der Waals surface area contributed by atoms with Crippen molar-refractivity contribution < 1.29 is 50.0 Å². The van der Waals surface area contributed by atoms with Crippen molar-refractivity contribution in [2.24, 2.45) is 0 Å². The first-order chi connectivity index (χ1) is 29.7. The maximum absolute atomic E-state index is 13.1. The van der Waals surface area contributed by atoms with Gasteiger partial charge in [0.15, 0.2) is 6.29 Å². The van der Waals surface area contributed by atoms with E-state index in [4.69, 9.17) is 9.47 Å². The van der Waals surface area contributed by atoms with Gasteiger partial charge in [0.2, 0.25) is 5.91 Å². The van der Waals surface area contributed by atoms with Crippen molar-refractivity contribution in [3.63, 3.8) is 0 Å². The average Bonchev–Trinajstić information content (AvgIpc) is 3.26. The van der Waals surface area contributed by atoms with Crippen LogP contribution in [-0.4, -0.2) is 110 Å². The predicted octanol–water partition coefficient (Wildman–Crippen LogP) is 9.45. The third kappa shape index (κ3) is 30.0. The SMILES string of the molecule is CCCCCCCCCCCCCCCCCCCCCCCC(O)C(=O)NC(COC1OC(CO)C(O)C(O)C1O)C(O)C(O)CCCCCCCCCCCCCCC. The van der Waals surface area contributed by atoms with E-state index in [0.29, 0.717) is 19.3 Å². The van der Waals surface area contributed by atoms with Crippen LogP contribution in [0.15, 0.2) is 0 Å². The van der Waals surface area contributed by atoms with Gasteiger partial charge in [0.05, 0.1) is 25.4 Å². The topological polar surface area (TPSA) is 189 Å². The van der Waals surface area contributed by atoms with Crippen molar-refractivity contribution in [3.05, 3.63) is 0 Å². The molecule has 1 fully saturated rings. The Balaban J connectivity index is 2.34. The number of hydrogen-bond acceptors (Lipinski definition) is 10. The van der Waals surface area contributed by atoms with E-state index < -0.39 is 74.2 Å². The molecule has 364 valence electrons. The number of carbonyl (C=O) groups is 1. The minimum absolute atomic E-state index is 0.267. The molecule has 11 heteroatoms. The van der Waals surface area contributed by atoms with Crippen LogP contribution in [0.4, 0.5) is 0 Å². The molecule has 9 unspecified atom stereocenters. The van der Waals surface area contributed by atoms with E-state index in [1.807, 2.05) is 0 Å². The summed E-state index contributed by atoms with van der Waals surface area (Å²) in [7, 11) is 0. The summed E-state index contributed by atoms with van der Waals surface area (Å²) in [6, 6.07) is -1.16. The number of nitrogens with one attached hydrogen (secondary N) is 1. The van der Waals surface area contributed by atoms with Crippen LogP contribution in [0.1, 0.15) is 245 Å². The minimum Gasteiger partial charge on any atom is -0.394 e. The van der Waals surface area contributed by atoms with Gasteiger partial charge in [0, 0.05) is 0 Å². The highest BCUT2D eigenvalue weighted by atomic mass is 16.7. The molecule has 0 aromatic carbocycles. The molecule has 0 bridgehead atoms. The maximum atomic E-state index is 13.1. The molecule has 1 heterocycles. The highest BCUT2D eigenvalue weighted by Crippen LogP contribution is 2.23. The van der Waals surface area contributed by atoms with Crippen molar-refractivity contribution in [3.8, 4) is 0 Å². The smallest absolute Gasteiger partial charge is 0.249 e. The molecule has 8 N–H and O–H groups in total. The highest BCUT2D eigenvalue weighted by Gasteiger charge is 2.44. The fourth-order valence-electron chi connectivity index (χ4n) is 8.62. The predicted molar refractivity (Wildman–Crippen MR) is 247 cm³/mol. The largest absolute Gasteiger partial charge is 0.394 e. The number of amides is 1. The van der Waals surface area contributed by atoms with Crippen LogP contribution in [0.2, 0.25) is 0 Å². The molecule has 0 aromatic heterocycles. The number of ether oxygens (including phenoxy) is 2. The molecule has 0 aliphatic carbocycles. The van der Waals surface area contributed by atoms with Gasteiger partial charge in [-0.2, -0.15) is 0 Å².